The average molecular weight is 273 g/mol. The van der Waals surface area contributed by atoms with Crippen LogP contribution in [-0.2, 0) is 14.3 Å². The fourth-order valence-corrected chi connectivity index (χ4v) is 2.04. The summed E-state index contributed by atoms with van der Waals surface area (Å²) < 4.78 is 10.8. The van der Waals surface area contributed by atoms with Gasteiger partial charge in [-0.1, -0.05) is 0 Å². The molecule has 0 aromatic rings. The van der Waals surface area contributed by atoms with E-state index in [0.717, 1.165) is 0 Å². The number of carbonyl (C=O) groups is 2. The maximum Gasteiger partial charge on any atom is 0.411 e. The summed E-state index contributed by atoms with van der Waals surface area (Å²) in [4.78, 5) is 24.4. The molecule has 1 amide bonds. The first-order valence-electron chi connectivity index (χ1n) is 6.48. The van der Waals surface area contributed by atoms with Crippen LogP contribution in [0.25, 0.3) is 0 Å². The van der Waals surface area contributed by atoms with Gasteiger partial charge in [0.25, 0.3) is 0 Å². The van der Waals surface area contributed by atoms with Gasteiger partial charge < -0.3 is 14.6 Å². The van der Waals surface area contributed by atoms with Crippen LogP contribution in [0.15, 0.2) is 0 Å². The van der Waals surface area contributed by atoms with E-state index in [1.54, 1.807) is 20.8 Å². The van der Waals surface area contributed by atoms with Crippen molar-refractivity contribution in [2.45, 2.75) is 64.9 Å². The Morgan fingerprint density at radius 1 is 1.32 bits per heavy atom. The number of rotatable bonds is 3. The van der Waals surface area contributed by atoms with E-state index in [2.05, 4.69) is 0 Å². The number of nitrogens with zero attached hydrogens (tertiary/aromatic N) is 1. The molecule has 110 valence electrons. The maximum absolute atomic E-state index is 12.0. The van der Waals surface area contributed by atoms with Gasteiger partial charge in [-0.2, -0.15) is 0 Å². The molecule has 0 bridgehead atoms. The molecule has 6 nitrogen and oxygen atoms in total. The van der Waals surface area contributed by atoms with E-state index in [9.17, 15) is 14.7 Å². The van der Waals surface area contributed by atoms with E-state index in [1.165, 1.54) is 4.90 Å². The third kappa shape index (κ3) is 4.70. The number of likely N-dealkylation sites (tertiary alicyclic amines) is 1. The summed E-state index contributed by atoms with van der Waals surface area (Å²) in [6, 6.07) is -0.876. The molecule has 19 heavy (non-hydrogen) atoms. The van der Waals surface area contributed by atoms with Gasteiger partial charge in [-0.15, -0.1) is 0 Å². The summed E-state index contributed by atoms with van der Waals surface area (Å²) in [6.45, 7) is 9.26. The second-order valence-electron chi connectivity index (χ2n) is 6.03. The first kappa shape index (κ1) is 15.8. The van der Waals surface area contributed by atoms with Crippen molar-refractivity contribution in [3.8, 4) is 0 Å². The molecule has 0 aromatic heterocycles. The van der Waals surface area contributed by atoms with Gasteiger partial charge in [0.05, 0.1) is 18.8 Å². The Labute approximate surface area is 113 Å². The molecule has 1 heterocycles. The molecule has 1 unspecified atom stereocenters. The third-order valence-electron chi connectivity index (χ3n) is 2.64. The molecule has 2 atom stereocenters. The van der Waals surface area contributed by atoms with Gasteiger partial charge in [-0.05, 0) is 34.6 Å². The quantitative estimate of drug-likeness (QED) is 0.849. The van der Waals surface area contributed by atoms with Crippen LogP contribution in [0, 0.1) is 0 Å². The number of ether oxygens (including phenoxy) is 2. The number of carbonyl (C=O) groups excluding carboxylic acids is 1. The van der Waals surface area contributed by atoms with Crippen molar-refractivity contribution < 1.29 is 24.2 Å². The monoisotopic (exact) mass is 273 g/mol. The van der Waals surface area contributed by atoms with E-state index < -0.39 is 23.7 Å². The first-order valence-corrected chi connectivity index (χ1v) is 6.48. The zero-order chi connectivity index (χ0) is 14.8. The van der Waals surface area contributed by atoms with Crippen LogP contribution in [0.5, 0.6) is 0 Å². The Morgan fingerprint density at radius 3 is 2.32 bits per heavy atom. The van der Waals surface area contributed by atoms with Gasteiger partial charge in [0, 0.05) is 6.42 Å². The van der Waals surface area contributed by atoms with Crippen molar-refractivity contribution in [3.05, 3.63) is 0 Å². The molecule has 1 rings (SSSR count). The lowest BCUT2D eigenvalue weighted by molar-refractivity contribution is -0.142. The summed E-state index contributed by atoms with van der Waals surface area (Å²) in [7, 11) is 0. The fraction of sp³-hybridized carbons (Fsp3) is 0.846. The number of hydrogen-bond acceptors (Lipinski definition) is 4. The molecule has 1 saturated heterocycles. The lowest BCUT2D eigenvalue weighted by atomic mass is 10.2. The van der Waals surface area contributed by atoms with Crippen molar-refractivity contribution in [3.63, 3.8) is 0 Å². The van der Waals surface area contributed by atoms with Crippen molar-refractivity contribution in [2.24, 2.45) is 0 Å². The zero-order valence-electron chi connectivity index (χ0n) is 12.2. The molecule has 0 radical (unpaired) electrons. The van der Waals surface area contributed by atoms with Crippen LogP contribution in [0.2, 0.25) is 0 Å². The van der Waals surface area contributed by atoms with Crippen LogP contribution in [0.3, 0.4) is 0 Å². The number of carboxylic acid groups (broad SMARTS) is 1. The molecular weight excluding hydrogens is 250 g/mol. The molecule has 1 fully saturated rings. The second kappa shape index (κ2) is 5.77. The van der Waals surface area contributed by atoms with Crippen LogP contribution in [0.4, 0.5) is 4.79 Å². The third-order valence-corrected chi connectivity index (χ3v) is 2.64. The summed E-state index contributed by atoms with van der Waals surface area (Å²) in [5.74, 6) is -1.03. The number of amides is 1. The lowest BCUT2D eigenvalue weighted by Gasteiger charge is -2.26. The normalized spacial score (nSPS) is 23.8. The highest BCUT2D eigenvalue weighted by atomic mass is 16.6. The molecular formula is C13H23NO5. The van der Waals surface area contributed by atoms with Gasteiger partial charge >= 0.3 is 12.1 Å². The van der Waals surface area contributed by atoms with E-state index >= 15 is 0 Å². The van der Waals surface area contributed by atoms with Gasteiger partial charge in [0.1, 0.15) is 11.6 Å². The van der Waals surface area contributed by atoms with Crippen molar-refractivity contribution >= 4 is 12.1 Å². The Kier molecular flexibility index (Phi) is 4.79. The standard InChI is InChI=1S/C13H23NO5/c1-8(2)18-9-6-10(11(15)16)14(7-9)12(17)19-13(3,4)5/h8-10H,6-7H2,1-5H3,(H,15,16)/t9?,10-/m1/s1. The van der Waals surface area contributed by atoms with Gasteiger partial charge in [-0.25, -0.2) is 9.59 Å². The first-order chi connectivity index (χ1) is 8.60. The smallest absolute Gasteiger partial charge is 0.411 e. The largest absolute Gasteiger partial charge is 0.480 e. The maximum atomic E-state index is 12.0. The minimum absolute atomic E-state index is 0.00182. The van der Waals surface area contributed by atoms with Crippen molar-refractivity contribution in [2.75, 3.05) is 6.54 Å². The molecule has 0 aromatic carbocycles. The van der Waals surface area contributed by atoms with E-state index in [1.807, 2.05) is 13.8 Å². The molecule has 0 saturated carbocycles. The van der Waals surface area contributed by atoms with Gasteiger partial charge in [-0.3, -0.25) is 4.90 Å². The molecule has 0 aliphatic carbocycles. The topological polar surface area (TPSA) is 76.1 Å². The summed E-state index contributed by atoms with van der Waals surface area (Å²) in [5.41, 5.74) is -0.642. The highest BCUT2D eigenvalue weighted by molar-refractivity contribution is 5.81. The summed E-state index contributed by atoms with van der Waals surface area (Å²) >= 11 is 0. The predicted molar refractivity (Wildman–Crippen MR) is 69.0 cm³/mol. The highest BCUT2D eigenvalue weighted by Crippen LogP contribution is 2.24. The Hall–Kier alpha value is -1.30. The highest BCUT2D eigenvalue weighted by Gasteiger charge is 2.42. The minimum Gasteiger partial charge on any atom is -0.480 e. The Balaban J connectivity index is 2.74. The SMILES string of the molecule is CC(C)OC1C[C@H](C(=O)O)N(C(=O)OC(C)(C)C)C1. The predicted octanol–water partition coefficient (Wildman–Crippen LogP) is 1.87. The summed E-state index contributed by atoms with van der Waals surface area (Å²) in [6.07, 6.45) is -0.561. The number of aliphatic carboxylic acids is 1. The molecule has 0 spiro atoms. The minimum atomic E-state index is -1.03. The Bertz CT molecular complexity index is 347. The van der Waals surface area contributed by atoms with E-state index in [4.69, 9.17) is 9.47 Å². The second-order valence-corrected chi connectivity index (χ2v) is 6.03. The van der Waals surface area contributed by atoms with Gasteiger partial charge in [0.15, 0.2) is 0 Å². The molecule has 1 aliphatic heterocycles. The molecule has 6 heteroatoms. The lowest BCUT2D eigenvalue weighted by Crippen LogP contribution is -2.43. The van der Waals surface area contributed by atoms with Crippen LogP contribution in [0.1, 0.15) is 41.0 Å². The van der Waals surface area contributed by atoms with Crippen LogP contribution < -0.4 is 0 Å². The number of hydrogen-bond donors (Lipinski definition) is 1. The van der Waals surface area contributed by atoms with E-state index in [0.29, 0.717) is 6.42 Å². The van der Waals surface area contributed by atoms with Crippen molar-refractivity contribution in [1.82, 2.24) is 4.90 Å². The fourth-order valence-electron chi connectivity index (χ4n) is 2.04. The summed E-state index contributed by atoms with van der Waals surface area (Å²) in [5, 5.41) is 9.18. The molecule has 1 aliphatic rings. The Morgan fingerprint density at radius 2 is 1.89 bits per heavy atom. The average Bonchev–Trinajstić information content (AvgIpc) is 2.57. The van der Waals surface area contributed by atoms with E-state index in [-0.39, 0.29) is 18.8 Å². The van der Waals surface area contributed by atoms with Crippen LogP contribution in [-0.4, -0.2) is 52.5 Å². The van der Waals surface area contributed by atoms with Crippen molar-refractivity contribution in [1.29, 1.82) is 0 Å². The van der Waals surface area contributed by atoms with Crippen LogP contribution >= 0.6 is 0 Å². The zero-order valence-corrected chi connectivity index (χ0v) is 12.2. The number of carboxylic acids is 1. The molecule has 1 N–H and O–H groups in total. The van der Waals surface area contributed by atoms with Gasteiger partial charge in [0.2, 0.25) is 0 Å².